The fourth-order valence-electron chi connectivity index (χ4n) is 1.20. The van der Waals surface area contributed by atoms with Crippen molar-refractivity contribution in [2.75, 3.05) is 19.8 Å². The number of hydrogen-bond acceptors (Lipinski definition) is 2. The highest BCUT2D eigenvalue weighted by Crippen LogP contribution is 2.14. The van der Waals surface area contributed by atoms with Crippen LogP contribution < -0.4 is 4.74 Å². The Hall–Kier alpha value is -1.23. The van der Waals surface area contributed by atoms with Crippen LogP contribution in [0.2, 0.25) is 0 Å². The van der Waals surface area contributed by atoms with Gasteiger partial charge < -0.3 is 9.47 Å². The molecule has 0 unspecified atom stereocenters. The summed E-state index contributed by atoms with van der Waals surface area (Å²) in [6.45, 7) is -0.580. The molecule has 0 radical (unpaired) electrons. The summed E-state index contributed by atoms with van der Waals surface area (Å²) in [5.41, 5.74) is 0. The van der Waals surface area contributed by atoms with E-state index < -0.39 is 12.8 Å². The van der Waals surface area contributed by atoms with E-state index in [1.54, 1.807) is 0 Å². The molecule has 0 bridgehead atoms. The van der Waals surface area contributed by atoms with Crippen molar-refractivity contribution in [2.24, 2.45) is 0 Å². The molecule has 0 aromatic heterocycles. The molecule has 1 aromatic rings. The maximum atomic E-state index is 11.7. The summed E-state index contributed by atoms with van der Waals surface area (Å²) < 4.78 is 45.0. The quantitative estimate of drug-likeness (QED) is 0.688. The van der Waals surface area contributed by atoms with Crippen molar-refractivity contribution in [3.63, 3.8) is 0 Å². The van der Waals surface area contributed by atoms with E-state index in [1.165, 1.54) is 0 Å². The first-order valence-electron chi connectivity index (χ1n) is 5.40. The second-order valence-corrected chi connectivity index (χ2v) is 3.54. The van der Waals surface area contributed by atoms with Crippen molar-refractivity contribution in [1.82, 2.24) is 0 Å². The van der Waals surface area contributed by atoms with Crippen LogP contribution in [0.25, 0.3) is 0 Å². The number of hydrogen-bond donors (Lipinski definition) is 0. The monoisotopic (exact) mass is 248 g/mol. The lowest BCUT2D eigenvalue weighted by molar-refractivity contribution is -0.174. The lowest BCUT2D eigenvalue weighted by atomic mass is 10.3. The maximum absolute atomic E-state index is 11.7. The molecular weight excluding hydrogens is 233 g/mol. The number of benzene rings is 1. The fraction of sp³-hybridized carbons (Fsp3) is 0.500. The molecule has 1 rings (SSSR count). The Morgan fingerprint density at radius 1 is 0.941 bits per heavy atom. The Labute approximate surface area is 98.3 Å². The van der Waals surface area contributed by atoms with Crippen molar-refractivity contribution >= 4 is 0 Å². The Kier molecular flexibility index (Phi) is 5.83. The molecular formula is C12H15F3O2. The van der Waals surface area contributed by atoms with E-state index in [1.807, 2.05) is 30.3 Å². The first-order valence-corrected chi connectivity index (χ1v) is 5.40. The summed E-state index contributed by atoms with van der Waals surface area (Å²) >= 11 is 0. The zero-order valence-corrected chi connectivity index (χ0v) is 9.37. The average molecular weight is 248 g/mol. The topological polar surface area (TPSA) is 18.5 Å². The summed E-state index contributed by atoms with van der Waals surface area (Å²) in [5, 5.41) is 0. The lowest BCUT2D eigenvalue weighted by Crippen LogP contribution is -2.17. The molecule has 0 amide bonds. The Balaban J connectivity index is 1.95. The second-order valence-electron chi connectivity index (χ2n) is 3.54. The lowest BCUT2D eigenvalue weighted by Gasteiger charge is -2.08. The molecule has 0 aliphatic rings. The van der Waals surface area contributed by atoms with Crippen LogP contribution in [0.15, 0.2) is 30.3 Å². The fourth-order valence-corrected chi connectivity index (χ4v) is 1.20. The van der Waals surface area contributed by atoms with Gasteiger partial charge in [-0.3, -0.25) is 0 Å². The average Bonchev–Trinajstić information content (AvgIpc) is 2.28. The molecule has 0 spiro atoms. The molecule has 0 fully saturated rings. The molecule has 0 N–H and O–H groups in total. The summed E-state index contributed by atoms with van der Waals surface area (Å²) in [5.74, 6) is 0.767. The predicted molar refractivity (Wildman–Crippen MR) is 58.0 cm³/mol. The Morgan fingerprint density at radius 3 is 2.24 bits per heavy atom. The van der Waals surface area contributed by atoms with Gasteiger partial charge in [-0.2, -0.15) is 13.2 Å². The van der Waals surface area contributed by atoms with Crippen molar-refractivity contribution in [3.05, 3.63) is 30.3 Å². The molecule has 1 aromatic carbocycles. The molecule has 2 nitrogen and oxygen atoms in total. The third kappa shape index (κ3) is 7.63. The van der Waals surface area contributed by atoms with E-state index >= 15 is 0 Å². The molecule has 0 heterocycles. The number of alkyl halides is 3. The summed E-state index contributed by atoms with van der Waals surface area (Å²) in [4.78, 5) is 0. The van der Waals surface area contributed by atoms with Crippen LogP contribution in [0.1, 0.15) is 12.8 Å². The first-order chi connectivity index (χ1) is 8.08. The van der Waals surface area contributed by atoms with Gasteiger partial charge in [-0.05, 0) is 25.0 Å². The summed E-state index contributed by atoms with van der Waals surface area (Å²) in [6, 6.07) is 9.28. The van der Waals surface area contributed by atoms with E-state index in [4.69, 9.17) is 4.74 Å². The minimum Gasteiger partial charge on any atom is -0.494 e. The molecule has 0 atom stereocenters. The maximum Gasteiger partial charge on any atom is 0.411 e. The third-order valence-corrected chi connectivity index (χ3v) is 1.96. The SMILES string of the molecule is FC(F)(F)COCCCCOc1ccccc1. The van der Waals surface area contributed by atoms with Gasteiger partial charge in [-0.25, -0.2) is 0 Å². The van der Waals surface area contributed by atoms with Gasteiger partial charge in [-0.1, -0.05) is 18.2 Å². The van der Waals surface area contributed by atoms with Gasteiger partial charge in [0, 0.05) is 6.61 Å². The normalized spacial score (nSPS) is 11.5. The number of rotatable bonds is 7. The minimum atomic E-state index is -4.24. The summed E-state index contributed by atoms with van der Waals surface area (Å²) in [7, 11) is 0. The second kappa shape index (κ2) is 7.17. The molecule has 5 heteroatoms. The van der Waals surface area contributed by atoms with E-state index in [0.717, 1.165) is 5.75 Å². The zero-order chi connectivity index (χ0) is 12.6. The van der Waals surface area contributed by atoms with Crippen LogP contribution in [0, 0.1) is 0 Å². The van der Waals surface area contributed by atoms with Crippen molar-refractivity contribution in [3.8, 4) is 5.75 Å². The molecule has 0 saturated heterocycles. The van der Waals surface area contributed by atoms with Crippen LogP contribution in [0.5, 0.6) is 5.75 Å². The van der Waals surface area contributed by atoms with Gasteiger partial charge >= 0.3 is 6.18 Å². The predicted octanol–water partition coefficient (Wildman–Crippen LogP) is 3.42. The van der Waals surface area contributed by atoms with E-state index in [0.29, 0.717) is 19.4 Å². The van der Waals surface area contributed by atoms with Gasteiger partial charge in [0.25, 0.3) is 0 Å². The van der Waals surface area contributed by atoms with Crippen molar-refractivity contribution in [1.29, 1.82) is 0 Å². The van der Waals surface area contributed by atoms with E-state index in [2.05, 4.69) is 4.74 Å². The number of unbranched alkanes of at least 4 members (excludes halogenated alkanes) is 1. The van der Waals surface area contributed by atoms with Crippen LogP contribution in [-0.4, -0.2) is 26.0 Å². The van der Waals surface area contributed by atoms with Gasteiger partial charge in [0.05, 0.1) is 6.61 Å². The van der Waals surface area contributed by atoms with Crippen LogP contribution in [0.4, 0.5) is 13.2 Å². The van der Waals surface area contributed by atoms with Gasteiger partial charge in [0.15, 0.2) is 0 Å². The molecule has 17 heavy (non-hydrogen) atoms. The van der Waals surface area contributed by atoms with Crippen LogP contribution >= 0.6 is 0 Å². The highest BCUT2D eigenvalue weighted by Gasteiger charge is 2.27. The molecule has 0 aliphatic carbocycles. The van der Waals surface area contributed by atoms with E-state index in [-0.39, 0.29) is 6.61 Å². The smallest absolute Gasteiger partial charge is 0.411 e. The van der Waals surface area contributed by atoms with Gasteiger partial charge in [0.1, 0.15) is 12.4 Å². The minimum absolute atomic E-state index is 0.109. The Bertz CT molecular complexity index is 298. The van der Waals surface area contributed by atoms with E-state index in [9.17, 15) is 13.2 Å². The summed E-state index contributed by atoms with van der Waals surface area (Å²) in [6.07, 6.45) is -3.00. The first kappa shape index (κ1) is 13.8. The zero-order valence-electron chi connectivity index (χ0n) is 9.37. The van der Waals surface area contributed by atoms with Crippen molar-refractivity contribution in [2.45, 2.75) is 19.0 Å². The number of para-hydroxylation sites is 1. The standard InChI is InChI=1S/C12H15F3O2/c13-12(14,15)10-16-8-4-5-9-17-11-6-2-1-3-7-11/h1-3,6-7H,4-5,8-10H2. The van der Waals surface area contributed by atoms with Crippen LogP contribution in [-0.2, 0) is 4.74 Å². The number of halogens is 3. The molecule has 96 valence electrons. The highest BCUT2D eigenvalue weighted by molar-refractivity contribution is 5.20. The third-order valence-electron chi connectivity index (χ3n) is 1.96. The molecule has 0 saturated carbocycles. The largest absolute Gasteiger partial charge is 0.494 e. The van der Waals surface area contributed by atoms with Gasteiger partial charge in [0.2, 0.25) is 0 Å². The van der Waals surface area contributed by atoms with Crippen molar-refractivity contribution < 1.29 is 22.6 Å². The van der Waals surface area contributed by atoms with Gasteiger partial charge in [-0.15, -0.1) is 0 Å². The number of ether oxygens (including phenoxy) is 2. The van der Waals surface area contributed by atoms with Crippen LogP contribution in [0.3, 0.4) is 0 Å². The highest BCUT2D eigenvalue weighted by atomic mass is 19.4. The molecule has 0 aliphatic heterocycles. The Morgan fingerprint density at radius 2 is 1.59 bits per heavy atom.